The van der Waals surface area contributed by atoms with Crippen LogP contribution in [0.3, 0.4) is 0 Å². The van der Waals surface area contributed by atoms with Gasteiger partial charge in [-0.25, -0.2) is 4.79 Å². The van der Waals surface area contributed by atoms with Crippen molar-refractivity contribution < 1.29 is 23.8 Å². The molecule has 2 atom stereocenters. The number of likely N-dealkylation sites (tertiary alicyclic amines) is 1. The van der Waals surface area contributed by atoms with Crippen molar-refractivity contribution in [3.05, 3.63) is 42.2 Å². The first-order chi connectivity index (χ1) is 12.8. The number of carbonyl (C=O) groups is 2. The van der Waals surface area contributed by atoms with E-state index in [1.807, 2.05) is 24.3 Å². The summed E-state index contributed by atoms with van der Waals surface area (Å²) in [5.41, 5.74) is 0.665. The van der Waals surface area contributed by atoms with Gasteiger partial charge in [0.2, 0.25) is 0 Å². The topological polar surface area (TPSA) is 80.0 Å². The Kier molecular flexibility index (Phi) is 5.26. The van der Waals surface area contributed by atoms with Crippen LogP contribution in [0.4, 0.5) is 4.79 Å². The molecule has 0 aliphatic carbocycles. The molecule has 2 aromatic rings. The maximum absolute atomic E-state index is 11.6. The minimum Gasteiger partial charge on any atom is -0.490 e. The van der Waals surface area contributed by atoms with Crippen molar-refractivity contribution in [1.82, 2.24) is 4.90 Å². The monoisotopic (exact) mass is 371 g/mol. The Morgan fingerprint density at radius 3 is 2.70 bits per heavy atom. The number of piperidine rings is 1. The lowest BCUT2D eigenvalue weighted by Crippen LogP contribution is -2.53. The average Bonchev–Trinajstić information content (AvgIpc) is 3.10. The van der Waals surface area contributed by atoms with E-state index in [1.54, 1.807) is 12.1 Å². The summed E-state index contributed by atoms with van der Waals surface area (Å²) >= 11 is 0. The fourth-order valence-corrected chi connectivity index (χ4v) is 3.58. The number of rotatable bonds is 4. The third-order valence-corrected chi connectivity index (χ3v) is 4.96. The van der Waals surface area contributed by atoms with Crippen molar-refractivity contribution in [1.29, 1.82) is 0 Å². The first-order valence-corrected chi connectivity index (χ1v) is 9.09. The number of carbonyl (C=O) groups excluding carboxylic acids is 1. The minimum absolute atomic E-state index is 0.0535. The summed E-state index contributed by atoms with van der Waals surface area (Å²) in [5, 5.41) is 9.48. The highest BCUT2D eigenvalue weighted by Crippen LogP contribution is 2.34. The number of hydrogen-bond donors (Lipinski definition) is 1. The van der Waals surface area contributed by atoms with Gasteiger partial charge in [0.05, 0.1) is 0 Å². The van der Waals surface area contributed by atoms with E-state index in [0.717, 1.165) is 5.56 Å². The molecule has 0 spiro atoms. The zero-order valence-electron chi connectivity index (χ0n) is 15.8. The van der Waals surface area contributed by atoms with Crippen LogP contribution in [0.15, 0.2) is 40.8 Å². The Balaban J connectivity index is 1.74. The van der Waals surface area contributed by atoms with Crippen LogP contribution in [0.5, 0.6) is 5.75 Å². The number of nitrogens with zero attached hydrogens (tertiary/aromatic N) is 1. The van der Waals surface area contributed by atoms with Crippen molar-refractivity contribution in [2.24, 2.45) is 5.41 Å². The van der Waals surface area contributed by atoms with E-state index in [1.165, 1.54) is 4.90 Å². The molecule has 0 radical (unpaired) electrons. The Labute approximate surface area is 158 Å². The van der Waals surface area contributed by atoms with Crippen LogP contribution < -0.4 is 4.74 Å². The van der Waals surface area contributed by atoms with Crippen LogP contribution in [0, 0.1) is 5.41 Å². The lowest BCUT2D eigenvalue weighted by molar-refractivity contribution is 0.0130. The molecule has 1 aliphatic heterocycles. The van der Waals surface area contributed by atoms with Crippen molar-refractivity contribution in [3.8, 4) is 17.1 Å². The van der Waals surface area contributed by atoms with Crippen LogP contribution in [0.2, 0.25) is 0 Å². The van der Waals surface area contributed by atoms with Gasteiger partial charge in [-0.1, -0.05) is 32.9 Å². The Bertz CT molecular complexity index is 820. The van der Waals surface area contributed by atoms with Gasteiger partial charge in [-0.3, -0.25) is 4.79 Å². The maximum Gasteiger partial charge on any atom is 0.407 e. The molecule has 1 amide bonds. The van der Waals surface area contributed by atoms with Crippen LogP contribution in [0.25, 0.3) is 11.3 Å². The van der Waals surface area contributed by atoms with E-state index in [2.05, 4.69) is 20.8 Å². The Morgan fingerprint density at radius 2 is 2.07 bits per heavy atom. The van der Waals surface area contributed by atoms with Gasteiger partial charge in [0.25, 0.3) is 0 Å². The maximum atomic E-state index is 11.6. The second-order valence-corrected chi connectivity index (χ2v) is 7.97. The molecular formula is C21H25NO5. The fraction of sp³-hybridized carbons (Fsp3) is 0.429. The summed E-state index contributed by atoms with van der Waals surface area (Å²) in [6.07, 6.45) is 1.04. The number of amides is 1. The lowest BCUT2D eigenvalue weighted by Gasteiger charge is -2.44. The number of ether oxygens (including phenoxy) is 1. The number of benzene rings is 1. The van der Waals surface area contributed by atoms with Crippen LogP contribution in [-0.4, -0.2) is 41.1 Å². The molecule has 1 aliphatic rings. The fourth-order valence-electron chi connectivity index (χ4n) is 3.58. The molecule has 1 N–H and O–H groups in total. The summed E-state index contributed by atoms with van der Waals surface area (Å²) in [4.78, 5) is 23.9. The SMILES string of the molecule is CC(C)(C)C1CC(Oc2cccc(-c3ccc(C=O)o3)c2)CCN1C(=O)O. The highest BCUT2D eigenvalue weighted by atomic mass is 16.5. The number of carboxylic acid groups (broad SMARTS) is 1. The first kappa shape index (κ1) is 19.0. The zero-order valence-corrected chi connectivity index (χ0v) is 15.8. The lowest BCUT2D eigenvalue weighted by atomic mass is 9.80. The van der Waals surface area contributed by atoms with Crippen LogP contribution >= 0.6 is 0 Å². The third-order valence-electron chi connectivity index (χ3n) is 4.96. The first-order valence-electron chi connectivity index (χ1n) is 9.09. The van der Waals surface area contributed by atoms with Gasteiger partial charge in [-0.05, 0) is 29.7 Å². The van der Waals surface area contributed by atoms with Gasteiger partial charge in [0.1, 0.15) is 17.6 Å². The smallest absolute Gasteiger partial charge is 0.407 e. The van der Waals surface area contributed by atoms with Gasteiger partial charge in [0.15, 0.2) is 12.0 Å². The predicted octanol–water partition coefficient (Wildman–Crippen LogP) is 4.70. The van der Waals surface area contributed by atoms with E-state index in [0.29, 0.717) is 37.2 Å². The molecular weight excluding hydrogens is 346 g/mol. The molecule has 2 unspecified atom stereocenters. The molecule has 144 valence electrons. The van der Waals surface area contributed by atoms with Gasteiger partial charge in [-0.2, -0.15) is 0 Å². The van der Waals surface area contributed by atoms with Crippen LogP contribution in [0.1, 0.15) is 44.2 Å². The highest BCUT2D eigenvalue weighted by Gasteiger charge is 2.39. The summed E-state index contributed by atoms with van der Waals surface area (Å²) in [7, 11) is 0. The zero-order chi connectivity index (χ0) is 19.6. The molecule has 0 bridgehead atoms. The standard InChI is InChI=1S/C21H25NO5/c1-21(2,3)19-12-16(9-10-22(19)20(24)25)26-15-6-4-5-14(11-15)18-8-7-17(13-23)27-18/h4-8,11,13,16,19H,9-10,12H2,1-3H3,(H,24,25). The van der Waals surface area contributed by atoms with Gasteiger partial charge >= 0.3 is 6.09 Å². The van der Waals surface area contributed by atoms with E-state index in [-0.39, 0.29) is 23.3 Å². The summed E-state index contributed by atoms with van der Waals surface area (Å²) in [5.74, 6) is 1.60. The van der Waals surface area contributed by atoms with Gasteiger partial charge in [-0.15, -0.1) is 0 Å². The molecule has 0 saturated carbocycles. The highest BCUT2D eigenvalue weighted by molar-refractivity contribution is 5.73. The second-order valence-electron chi connectivity index (χ2n) is 7.97. The molecule has 1 saturated heterocycles. The quantitative estimate of drug-likeness (QED) is 0.788. The number of furan rings is 1. The van der Waals surface area contributed by atoms with Gasteiger partial charge < -0.3 is 19.2 Å². The Hall–Kier alpha value is -2.76. The van der Waals surface area contributed by atoms with Gasteiger partial charge in [0, 0.05) is 31.0 Å². The molecule has 6 nitrogen and oxygen atoms in total. The molecule has 1 aromatic heterocycles. The number of hydrogen-bond acceptors (Lipinski definition) is 4. The minimum atomic E-state index is -0.876. The third kappa shape index (κ3) is 4.32. The van der Waals surface area contributed by atoms with E-state index >= 15 is 0 Å². The molecule has 6 heteroatoms. The molecule has 3 rings (SSSR count). The number of aldehydes is 1. The Morgan fingerprint density at radius 1 is 1.30 bits per heavy atom. The predicted molar refractivity (Wildman–Crippen MR) is 101 cm³/mol. The largest absolute Gasteiger partial charge is 0.490 e. The van der Waals surface area contributed by atoms with Crippen molar-refractivity contribution >= 4 is 12.4 Å². The molecule has 27 heavy (non-hydrogen) atoms. The summed E-state index contributed by atoms with van der Waals surface area (Å²) in [6, 6.07) is 10.8. The van der Waals surface area contributed by atoms with Crippen LogP contribution in [-0.2, 0) is 0 Å². The van der Waals surface area contributed by atoms with E-state index in [9.17, 15) is 14.7 Å². The summed E-state index contributed by atoms with van der Waals surface area (Å²) < 4.78 is 11.6. The van der Waals surface area contributed by atoms with Crippen molar-refractivity contribution in [2.45, 2.75) is 45.8 Å². The van der Waals surface area contributed by atoms with E-state index in [4.69, 9.17) is 9.15 Å². The molecule has 1 aromatic carbocycles. The molecule has 1 fully saturated rings. The second kappa shape index (κ2) is 7.47. The van der Waals surface area contributed by atoms with E-state index < -0.39 is 6.09 Å². The van der Waals surface area contributed by atoms with Crippen molar-refractivity contribution in [2.75, 3.05) is 6.54 Å². The molecule has 2 heterocycles. The summed E-state index contributed by atoms with van der Waals surface area (Å²) in [6.45, 7) is 6.62. The van der Waals surface area contributed by atoms with Crippen molar-refractivity contribution in [3.63, 3.8) is 0 Å². The average molecular weight is 371 g/mol. The normalized spacial score (nSPS) is 20.3.